The Balaban J connectivity index is 1.89. The highest BCUT2D eigenvalue weighted by atomic mass is 14.9. The van der Waals surface area contributed by atoms with Crippen LogP contribution in [0.25, 0.3) is 0 Å². The zero-order valence-corrected chi connectivity index (χ0v) is 12.4. The molecule has 0 saturated heterocycles. The quantitative estimate of drug-likeness (QED) is 0.771. The van der Waals surface area contributed by atoms with Gasteiger partial charge in [0.2, 0.25) is 0 Å². The molecule has 0 bridgehead atoms. The number of nitrogens with two attached hydrogens (primary N) is 1. The molecule has 0 fully saturated rings. The van der Waals surface area contributed by atoms with E-state index in [4.69, 9.17) is 5.73 Å². The smallest absolute Gasteiger partial charge is 0.0603 e. The zero-order chi connectivity index (χ0) is 14.4. The third kappa shape index (κ3) is 3.77. The number of benzene rings is 2. The number of para-hydroxylation sites is 1. The second kappa shape index (κ2) is 6.99. The number of aryl methyl sites for hydroxylation is 2. The number of hydrogen-bond acceptors (Lipinski definition) is 2. The van der Waals surface area contributed by atoms with Gasteiger partial charge in [0, 0.05) is 6.54 Å². The molecule has 0 atom stereocenters. The normalized spacial score (nSPS) is 10.5. The van der Waals surface area contributed by atoms with Crippen LogP contribution in [0.3, 0.4) is 0 Å². The van der Waals surface area contributed by atoms with Gasteiger partial charge in [-0.3, -0.25) is 0 Å². The number of rotatable bonds is 6. The van der Waals surface area contributed by atoms with Crippen molar-refractivity contribution in [1.29, 1.82) is 0 Å². The molecule has 2 heteroatoms. The lowest BCUT2D eigenvalue weighted by atomic mass is 10.1. The van der Waals surface area contributed by atoms with Crippen molar-refractivity contribution in [2.45, 2.75) is 33.1 Å². The van der Waals surface area contributed by atoms with Crippen LogP contribution in [0.2, 0.25) is 0 Å². The Labute approximate surface area is 122 Å². The van der Waals surface area contributed by atoms with Gasteiger partial charge in [-0.15, -0.1) is 0 Å². The fraction of sp³-hybridized carbons (Fsp3) is 0.333. The first-order valence-corrected chi connectivity index (χ1v) is 7.37. The van der Waals surface area contributed by atoms with Gasteiger partial charge in [-0.1, -0.05) is 49.7 Å². The first kappa shape index (κ1) is 14.4. The van der Waals surface area contributed by atoms with E-state index in [-0.39, 0.29) is 0 Å². The second-order valence-corrected chi connectivity index (χ2v) is 5.28. The summed E-state index contributed by atoms with van der Waals surface area (Å²) in [4.78, 5) is 0. The molecule has 2 aromatic rings. The highest BCUT2D eigenvalue weighted by Crippen LogP contribution is 2.22. The van der Waals surface area contributed by atoms with Gasteiger partial charge in [-0.25, -0.2) is 0 Å². The molecule has 0 amide bonds. The van der Waals surface area contributed by atoms with Crippen molar-refractivity contribution < 1.29 is 0 Å². The number of anilines is 2. The van der Waals surface area contributed by atoms with E-state index in [1.54, 1.807) is 0 Å². The van der Waals surface area contributed by atoms with Crippen molar-refractivity contribution in [2.75, 3.05) is 17.6 Å². The van der Waals surface area contributed by atoms with Crippen LogP contribution in [0.4, 0.5) is 11.4 Å². The fourth-order valence-corrected chi connectivity index (χ4v) is 2.43. The van der Waals surface area contributed by atoms with Gasteiger partial charge >= 0.3 is 0 Å². The largest absolute Gasteiger partial charge is 0.397 e. The summed E-state index contributed by atoms with van der Waals surface area (Å²) in [5.41, 5.74) is 11.9. The molecule has 3 N–H and O–H groups in total. The van der Waals surface area contributed by atoms with E-state index in [1.165, 1.54) is 23.1 Å². The molecule has 20 heavy (non-hydrogen) atoms. The molecule has 2 rings (SSSR count). The molecule has 0 radical (unpaired) electrons. The Morgan fingerprint density at radius 3 is 2.20 bits per heavy atom. The summed E-state index contributed by atoms with van der Waals surface area (Å²) in [6.07, 6.45) is 3.38. The fourth-order valence-electron chi connectivity index (χ4n) is 2.43. The van der Waals surface area contributed by atoms with E-state index in [0.29, 0.717) is 0 Å². The summed E-state index contributed by atoms with van der Waals surface area (Å²) in [5, 5.41) is 3.44. The van der Waals surface area contributed by atoms with Crippen LogP contribution >= 0.6 is 0 Å². The average molecular weight is 268 g/mol. The third-order valence-corrected chi connectivity index (χ3v) is 3.58. The highest BCUT2D eigenvalue weighted by molar-refractivity contribution is 5.69. The Hall–Kier alpha value is -1.96. The molecule has 0 spiro atoms. The topological polar surface area (TPSA) is 38.0 Å². The minimum atomic E-state index is 0.822. The Morgan fingerprint density at radius 2 is 1.60 bits per heavy atom. The number of nitrogen functional groups attached to an aromatic ring is 1. The van der Waals surface area contributed by atoms with Crippen LogP contribution in [-0.4, -0.2) is 6.54 Å². The first-order chi connectivity index (χ1) is 9.70. The van der Waals surface area contributed by atoms with Gasteiger partial charge < -0.3 is 11.1 Å². The van der Waals surface area contributed by atoms with Crippen molar-refractivity contribution in [3.8, 4) is 0 Å². The minimum Gasteiger partial charge on any atom is -0.397 e. The average Bonchev–Trinajstić information content (AvgIpc) is 2.44. The molecule has 2 nitrogen and oxygen atoms in total. The molecule has 0 aliphatic heterocycles. The Bertz CT molecular complexity index is 524. The second-order valence-electron chi connectivity index (χ2n) is 5.28. The molecule has 0 aromatic heterocycles. The van der Waals surface area contributed by atoms with Crippen LogP contribution in [0.15, 0.2) is 42.5 Å². The molecule has 0 aliphatic carbocycles. The van der Waals surface area contributed by atoms with Gasteiger partial charge in [-0.05, 0) is 42.5 Å². The van der Waals surface area contributed by atoms with Gasteiger partial charge in [0.15, 0.2) is 0 Å². The van der Waals surface area contributed by atoms with Crippen molar-refractivity contribution in [2.24, 2.45) is 0 Å². The predicted octanol–water partition coefficient (Wildman–Crippen LogP) is 4.18. The lowest BCUT2D eigenvalue weighted by Crippen LogP contribution is -2.08. The lowest BCUT2D eigenvalue weighted by molar-refractivity contribution is 0.918. The van der Waals surface area contributed by atoms with E-state index in [9.17, 15) is 0 Å². The summed E-state index contributed by atoms with van der Waals surface area (Å²) >= 11 is 0. The lowest BCUT2D eigenvalue weighted by Gasteiger charge is -2.12. The van der Waals surface area contributed by atoms with E-state index in [0.717, 1.165) is 30.8 Å². The first-order valence-electron chi connectivity index (χ1n) is 7.37. The van der Waals surface area contributed by atoms with Crippen LogP contribution in [0.1, 0.15) is 30.0 Å². The molecule has 0 aliphatic rings. The van der Waals surface area contributed by atoms with Crippen molar-refractivity contribution >= 4 is 11.4 Å². The van der Waals surface area contributed by atoms with Crippen molar-refractivity contribution in [3.63, 3.8) is 0 Å². The van der Waals surface area contributed by atoms with E-state index in [1.807, 2.05) is 12.1 Å². The number of hydrogen-bond donors (Lipinski definition) is 2. The van der Waals surface area contributed by atoms with Crippen LogP contribution in [0.5, 0.6) is 0 Å². The Kier molecular flexibility index (Phi) is 5.05. The predicted molar refractivity (Wildman–Crippen MR) is 88.2 cm³/mol. The Morgan fingerprint density at radius 1 is 0.950 bits per heavy atom. The van der Waals surface area contributed by atoms with Crippen LogP contribution in [-0.2, 0) is 12.8 Å². The van der Waals surface area contributed by atoms with Crippen molar-refractivity contribution in [1.82, 2.24) is 0 Å². The molecular formula is C18H24N2. The summed E-state index contributed by atoms with van der Waals surface area (Å²) < 4.78 is 0. The van der Waals surface area contributed by atoms with Crippen LogP contribution in [0, 0.1) is 6.92 Å². The third-order valence-electron chi connectivity index (χ3n) is 3.58. The van der Waals surface area contributed by atoms with E-state index >= 15 is 0 Å². The summed E-state index contributed by atoms with van der Waals surface area (Å²) in [5.74, 6) is 0. The number of nitrogens with one attached hydrogen (secondary N) is 1. The molecular weight excluding hydrogens is 244 g/mol. The molecule has 2 aromatic carbocycles. The molecule has 0 saturated carbocycles. The summed E-state index contributed by atoms with van der Waals surface area (Å²) in [6.45, 7) is 5.20. The standard InChI is InChI=1S/C18H24N2/c1-3-5-15-8-10-16(11-9-15)12-13-20-18-14(2)6-4-7-17(18)19/h4,6-11,20H,3,5,12-13,19H2,1-2H3. The zero-order valence-electron chi connectivity index (χ0n) is 12.4. The summed E-state index contributed by atoms with van der Waals surface area (Å²) in [6, 6.07) is 14.9. The maximum atomic E-state index is 5.99. The molecule has 0 heterocycles. The van der Waals surface area contributed by atoms with Gasteiger partial charge in [0.1, 0.15) is 0 Å². The SMILES string of the molecule is CCCc1ccc(CCNc2c(C)cccc2N)cc1. The minimum absolute atomic E-state index is 0.822. The van der Waals surface area contributed by atoms with Gasteiger partial charge in [0.05, 0.1) is 11.4 Å². The van der Waals surface area contributed by atoms with Gasteiger partial charge in [0.25, 0.3) is 0 Å². The van der Waals surface area contributed by atoms with E-state index in [2.05, 4.69) is 49.5 Å². The maximum Gasteiger partial charge on any atom is 0.0603 e. The monoisotopic (exact) mass is 268 g/mol. The van der Waals surface area contributed by atoms with Crippen molar-refractivity contribution in [3.05, 3.63) is 59.2 Å². The molecule has 0 unspecified atom stereocenters. The highest BCUT2D eigenvalue weighted by Gasteiger charge is 2.01. The van der Waals surface area contributed by atoms with Crippen LogP contribution < -0.4 is 11.1 Å². The molecule has 106 valence electrons. The van der Waals surface area contributed by atoms with E-state index < -0.39 is 0 Å². The maximum absolute atomic E-state index is 5.99. The summed E-state index contributed by atoms with van der Waals surface area (Å²) in [7, 11) is 0. The van der Waals surface area contributed by atoms with Gasteiger partial charge in [-0.2, -0.15) is 0 Å².